The predicted molar refractivity (Wildman–Crippen MR) is 39.2 cm³/mol. The van der Waals surface area contributed by atoms with Crippen molar-refractivity contribution in [2.75, 3.05) is 0 Å². The van der Waals surface area contributed by atoms with Gasteiger partial charge in [0.2, 0.25) is 0 Å². The molecule has 0 aromatic carbocycles. The molecule has 1 rings (SSSR count). The first-order valence-corrected chi connectivity index (χ1v) is 3.32. The van der Waals surface area contributed by atoms with E-state index in [1.165, 1.54) is 4.68 Å². The van der Waals surface area contributed by atoms with Crippen molar-refractivity contribution in [2.24, 2.45) is 7.05 Å². The minimum absolute atomic E-state index is 0.0324. The van der Waals surface area contributed by atoms with E-state index in [9.17, 15) is 10.1 Å². The zero-order chi connectivity index (χ0) is 8.43. The molecule has 0 saturated carbocycles. The van der Waals surface area contributed by atoms with Gasteiger partial charge in [0, 0.05) is 0 Å². The molecule has 1 aromatic rings. The number of aryl methyl sites for hydroxylation is 2. The van der Waals surface area contributed by atoms with Gasteiger partial charge in [0.15, 0.2) is 0 Å². The fourth-order valence-electron chi connectivity index (χ4n) is 0.929. The van der Waals surface area contributed by atoms with Crippen molar-refractivity contribution < 1.29 is 4.92 Å². The molecule has 0 aliphatic carbocycles. The number of nitro groups is 1. The summed E-state index contributed by atoms with van der Waals surface area (Å²) in [7, 11) is 1.67. The van der Waals surface area contributed by atoms with Gasteiger partial charge in [-0.3, -0.25) is 0 Å². The van der Waals surface area contributed by atoms with Crippen molar-refractivity contribution in [3.63, 3.8) is 0 Å². The van der Waals surface area contributed by atoms with Gasteiger partial charge in [0.1, 0.15) is 0 Å². The van der Waals surface area contributed by atoms with Crippen LogP contribution in [-0.4, -0.2) is 14.7 Å². The third kappa shape index (κ3) is 1.36. The van der Waals surface area contributed by atoms with Crippen LogP contribution < -0.4 is 0 Å². The van der Waals surface area contributed by atoms with Crippen LogP contribution in [0.5, 0.6) is 0 Å². The summed E-state index contributed by atoms with van der Waals surface area (Å²) < 4.78 is 1.46. The van der Waals surface area contributed by atoms with Crippen LogP contribution in [0.15, 0.2) is 6.20 Å². The van der Waals surface area contributed by atoms with E-state index >= 15 is 0 Å². The lowest BCUT2D eigenvalue weighted by atomic mass is 10.3. The summed E-state index contributed by atoms with van der Waals surface area (Å²) in [6.45, 7) is 1.87. The Hall–Kier alpha value is -1.39. The van der Waals surface area contributed by atoms with E-state index in [4.69, 9.17) is 0 Å². The second-order valence-electron chi connectivity index (χ2n) is 2.26. The molecule has 0 N–H and O–H groups in total. The van der Waals surface area contributed by atoms with E-state index < -0.39 is 4.92 Å². The minimum Gasteiger partial charge on any atom is -0.358 e. The quantitative estimate of drug-likeness (QED) is 0.470. The summed E-state index contributed by atoms with van der Waals surface area (Å²) in [5.74, 6) is -0.0324. The second kappa shape index (κ2) is 2.69. The van der Waals surface area contributed by atoms with Crippen molar-refractivity contribution in [3.8, 4) is 0 Å². The molecule has 0 spiro atoms. The second-order valence-corrected chi connectivity index (χ2v) is 2.26. The van der Waals surface area contributed by atoms with Gasteiger partial charge in [-0.15, -0.1) is 0 Å². The maximum atomic E-state index is 10.3. The monoisotopic (exact) mass is 155 g/mol. The normalized spacial score (nSPS) is 10.0. The SMILES string of the molecule is CCc1cn(C)nc1[N+](=O)[O-]. The predicted octanol–water partition coefficient (Wildman–Crippen LogP) is 0.891. The van der Waals surface area contributed by atoms with Crippen LogP contribution in [0.4, 0.5) is 5.82 Å². The van der Waals surface area contributed by atoms with Gasteiger partial charge < -0.3 is 10.1 Å². The molecule has 0 aliphatic heterocycles. The van der Waals surface area contributed by atoms with E-state index in [1.807, 2.05) is 6.92 Å². The molecule has 0 aliphatic rings. The van der Waals surface area contributed by atoms with Crippen LogP contribution >= 0.6 is 0 Å². The Morgan fingerprint density at radius 1 is 1.82 bits per heavy atom. The molecule has 11 heavy (non-hydrogen) atoms. The lowest BCUT2D eigenvalue weighted by Gasteiger charge is -1.88. The summed E-state index contributed by atoms with van der Waals surface area (Å²) in [6, 6.07) is 0. The summed E-state index contributed by atoms with van der Waals surface area (Å²) >= 11 is 0. The van der Waals surface area contributed by atoms with Crippen molar-refractivity contribution in [3.05, 3.63) is 21.9 Å². The van der Waals surface area contributed by atoms with Crippen molar-refractivity contribution in [2.45, 2.75) is 13.3 Å². The Labute approximate surface area is 63.8 Å². The van der Waals surface area contributed by atoms with Gasteiger partial charge in [-0.25, -0.2) is 0 Å². The molecule has 0 unspecified atom stereocenters. The highest BCUT2D eigenvalue weighted by Gasteiger charge is 2.16. The first-order chi connectivity index (χ1) is 5.15. The molecule has 0 bridgehead atoms. The molecule has 1 heterocycles. The Kier molecular flexibility index (Phi) is 1.89. The molecule has 0 radical (unpaired) electrons. The highest BCUT2D eigenvalue weighted by molar-refractivity contribution is 5.29. The molecule has 60 valence electrons. The van der Waals surface area contributed by atoms with Gasteiger partial charge in [0.05, 0.1) is 23.9 Å². The van der Waals surface area contributed by atoms with E-state index in [0.29, 0.717) is 12.0 Å². The van der Waals surface area contributed by atoms with Gasteiger partial charge in [-0.1, -0.05) is 6.92 Å². The first-order valence-electron chi connectivity index (χ1n) is 3.32. The van der Waals surface area contributed by atoms with Gasteiger partial charge >= 0.3 is 5.82 Å². The smallest absolute Gasteiger partial charge is 0.358 e. The topological polar surface area (TPSA) is 61.0 Å². The standard InChI is InChI=1S/C6H9N3O2/c1-3-5-4-8(2)7-6(5)9(10)11/h4H,3H2,1-2H3. The summed E-state index contributed by atoms with van der Waals surface area (Å²) in [5.41, 5.74) is 0.678. The highest BCUT2D eigenvalue weighted by atomic mass is 16.6. The van der Waals surface area contributed by atoms with Crippen LogP contribution in [-0.2, 0) is 13.5 Å². The van der Waals surface area contributed by atoms with E-state index in [2.05, 4.69) is 5.10 Å². The van der Waals surface area contributed by atoms with Gasteiger partial charge in [-0.2, -0.15) is 4.68 Å². The Balaban J connectivity index is 3.12. The zero-order valence-electron chi connectivity index (χ0n) is 6.44. The summed E-state index contributed by atoms with van der Waals surface area (Å²) in [6.07, 6.45) is 2.31. The largest absolute Gasteiger partial charge is 0.393 e. The lowest BCUT2D eigenvalue weighted by Crippen LogP contribution is -1.93. The van der Waals surface area contributed by atoms with Crippen molar-refractivity contribution in [1.29, 1.82) is 0 Å². The Bertz CT molecular complexity index is 279. The Morgan fingerprint density at radius 2 is 2.45 bits per heavy atom. The highest BCUT2D eigenvalue weighted by Crippen LogP contribution is 2.14. The minimum atomic E-state index is -0.459. The lowest BCUT2D eigenvalue weighted by molar-refractivity contribution is -0.390. The number of nitrogens with zero attached hydrogens (tertiary/aromatic N) is 3. The van der Waals surface area contributed by atoms with E-state index in [0.717, 1.165) is 0 Å². The van der Waals surface area contributed by atoms with Crippen LogP contribution in [0.1, 0.15) is 12.5 Å². The molecule has 5 nitrogen and oxygen atoms in total. The molecule has 0 atom stereocenters. The molecular formula is C6H9N3O2. The first kappa shape index (κ1) is 7.71. The van der Waals surface area contributed by atoms with Crippen molar-refractivity contribution >= 4 is 5.82 Å². The third-order valence-corrected chi connectivity index (χ3v) is 1.44. The molecule has 0 fully saturated rings. The Morgan fingerprint density at radius 3 is 2.82 bits per heavy atom. The number of hydrogen-bond acceptors (Lipinski definition) is 3. The van der Waals surface area contributed by atoms with Gasteiger partial charge in [0.25, 0.3) is 0 Å². The average molecular weight is 155 g/mol. The number of aromatic nitrogens is 2. The molecule has 5 heteroatoms. The maximum absolute atomic E-state index is 10.3. The van der Waals surface area contributed by atoms with Gasteiger partial charge in [-0.05, 0) is 11.3 Å². The van der Waals surface area contributed by atoms with Crippen LogP contribution in [0.3, 0.4) is 0 Å². The summed E-state index contributed by atoms with van der Waals surface area (Å²) in [5, 5.41) is 14.0. The number of rotatable bonds is 2. The molecule has 0 amide bonds. The summed E-state index contributed by atoms with van der Waals surface area (Å²) in [4.78, 5) is 9.86. The fourth-order valence-corrected chi connectivity index (χ4v) is 0.929. The maximum Gasteiger partial charge on any atom is 0.393 e. The average Bonchev–Trinajstić information content (AvgIpc) is 2.30. The molecule has 1 aromatic heterocycles. The van der Waals surface area contributed by atoms with Crippen LogP contribution in [0, 0.1) is 10.1 Å². The van der Waals surface area contributed by atoms with E-state index in [-0.39, 0.29) is 5.82 Å². The number of hydrogen-bond donors (Lipinski definition) is 0. The third-order valence-electron chi connectivity index (χ3n) is 1.44. The zero-order valence-corrected chi connectivity index (χ0v) is 6.44. The van der Waals surface area contributed by atoms with Crippen LogP contribution in [0.2, 0.25) is 0 Å². The molecular weight excluding hydrogens is 146 g/mol. The van der Waals surface area contributed by atoms with E-state index in [1.54, 1.807) is 13.2 Å². The van der Waals surface area contributed by atoms with Crippen molar-refractivity contribution in [1.82, 2.24) is 9.78 Å². The molecule has 0 saturated heterocycles. The fraction of sp³-hybridized carbons (Fsp3) is 0.500. The van der Waals surface area contributed by atoms with Crippen LogP contribution in [0.25, 0.3) is 0 Å².